The van der Waals surface area contributed by atoms with Crippen molar-refractivity contribution in [1.29, 1.82) is 0 Å². The Labute approximate surface area is 110 Å². The summed E-state index contributed by atoms with van der Waals surface area (Å²) in [5.41, 5.74) is 5.97. The highest BCUT2D eigenvalue weighted by molar-refractivity contribution is 8.00. The fourth-order valence-corrected chi connectivity index (χ4v) is 2.08. The zero-order valence-electron chi connectivity index (χ0n) is 10.1. The van der Waals surface area contributed by atoms with E-state index in [4.69, 9.17) is 10.8 Å². The molecule has 1 atom stereocenters. The van der Waals surface area contributed by atoms with Crippen LogP contribution in [-0.4, -0.2) is 35.3 Å². The van der Waals surface area contributed by atoms with Crippen molar-refractivity contribution in [2.75, 3.05) is 12.3 Å². The van der Waals surface area contributed by atoms with Crippen LogP contribution in [0.4, 0.5) is 0 Å². The molecule has 0 saturated heterocycles. The molecule has 1 rings (SSSR count). The molecule has 0 aromatic heterocycles. The second-order valence-corrected chi connectivity index (χ2v) is 4.79. The van der Waals surface area contributed by atoms with E-state index in [0.29, 0.717) is 0 Å². The summed E-state index contributed by atoms with van der Waals surface area (Å²) in [4.78, 5) is 23.0. The molecule has 18 heavy (non-hydrogen) atoms. The number of amides is 2. The first-order valence-electron chi connectivity index (χ1n) is 5.43. The quantitative estimate of drug-likeness (QED) is 0.636. The van der Waals surface area contributed by atoms with Gasteiger partial charge in [-0.1, -0.05) is 18.2 Å². The van der Waals surface area contributed by atoms with E-state index in [9.17, 15) is 9.59 Å². The maximum Gasteiger partial charge on any atom is 0.248 e. The lowest BCUT2D eigenvalue weighted by Crippen LogP contribution is -2.40. The first-order valence-corrected chi connectivity index (χ1v) is 6.41. The van der Waals surface area contributed by atoms with E-state index in [0.717, 1.165) is 10.5 Å². The third kappa shape index (κ3) is 4.77. The number of aryl methyl sites for hydroxylation is 1. The van der Waals surface area contributed by atoms with Gasteiger partial charge in [0.25, 0.3) is 0 Å². The average Bonchev–Trinajstić information content (AvgIpc) is 2.34. The number of aliphatic hydroxyl groups is 1. The average molecular weight is 268 g/mol. The van der Waals surface area contributed by atoms with Gasteiger partial charge in [0.05, 0.1) is 12.3 Å². The summed E-state index contributed by atoms with van der Waals surface area (Å²) in [7, 11) is 0. The lowest BCUT2D eigenvalue weighted by Gasteiger charge is -2.09. The maximum absolute atomic E-state index is 11.5. The van der Waals surface area contributed by atoms with Gasteiger partial charge in [0.1, 0.15) is 6.10 Å². The molecule has 0 saturated carbocycles. The number of hydrogen-bond donors (Lipinski definition) is 3. The molecule has 5 nitrogen and oxygen atoms in total. The lowest BCUT2D eigenvalue weighted by atomic mass is 10.2. The smallest absolute Gasteiger partial charge is 0.248 e. The van der Waals surface area contributed by atoms with Gasteiger partial charge >= 0.3 is 0 Å². The summed E-state index contributed by atoms with van der Waals surface area (Å²) < 4.78 is 0. The number of nitrogens with one attached hydrogen (secondary N) is 1. The van der Waals surface area contributed by atoms with E-state index in [1.807, 2.05) is 31.2 Å². The molecular weight excluding hydrogens is 252 g/mol. The van der Waals surface area contributed by atoms with Crippen molar-refractivity contribution >= 4 is 23.6 Å². The minimum Gasteiger partial charge on any atom is -0.381 e. The van der Waals surface area contributed by atoms with Crippen LogP contribution in [0, 0.1) is 6.92 Å². The molecule has 0 aliphatic heterocycles. The molecule has 2 amide bonds. The van der Waals surface area contributed by atoms with Crippen LogP contribution in [0.1, 0.15) is 5.56 Å². The number of primary amides is 1. The number of benzene rings is 1. The summed E-state index contributed by atoms with van der Waals surface area (Å²) in [5, 5.41) is 11.6. The van der Waals surface area contributed by atoms with E-state index in [2.05, 4.69) is 5.32 Å². The fourth-order valence-electron chi connectivity index (χ4n) is 1.22. The first-order chi connectivity index (χ1) is 8.50. The number of carbonyl (C=O) groups is 2. The van der Waals surface area contributed by atoms with Crippen molar-refractivity contribution in [2.45, 2.75) is 17.9 Å². The molecule has 0 heterocycles. The van der Waals surface area contributed by atoms with E-state index in [1.165, 1.54) is 11.8 Å². The Morgan fingerprint density at radius 1 is 1.44 bits per heavy atom. The molecule has 6 heteroatoms. The van der Waals surface area contributed by atoms with E-state index in [-0.39, 0.29) is 18.2 Å². The molecule has 98 valence electrons. The molecular formula is C12H16N2O3S. The number of nitrogens with two attached hydrogens (primary N) is 1. The van der Waals surface area contributed by atoms with Crippen LogP contribution in [0.5, 0.6) is 0 Å². The van der Waals surface area contributed by atoms with E-state index in [1.54, 1.807) is 0 Å². The van der Waals surface area contributed by atoms with Gasteiger partial charge in [-0.3, -0.25) is 9.59 Å². The molecule has 0 radical (unpaired) electrons. The number of rotatable bonds is 6. The Morgan fingerprint density at radius 2 is 2.11 bits per heavy atom. The minimum absolute atomic E-state index is 0.150. The summed E-state index contributed by atoms with van der Waals surface area (Å²) in [5.74, 6) is -0.860. The Hall–Kier alpha value is -1.53. The normalized spacial score (nSPS) is 11.9. The molecule has 0 bridgehead atoms. The van der Waals surface area contributed by atoms with Crippen LogP contribution < -0.4 is 11.1 Å². The second-order valence-electron chi connectivity index (χ2n) is 3.78. The van der Waals surface area contributed by atoms with Crippen molar-refractivity contribution in [3.05, 3.63) is 29.8 Å². The maximum atomic E-state index is 11.5. The number of hydrogen-bond acceptors (Lipinski definition) is 4. The topological polar surface area (TPSA) is 92.4 Å². The summed E-state index contributed by atoms with van der Waals surface area (Å²) in [6, 6.07) is 7.75. The molecule has 0 aliphatic rings. The summed E-state index contributed by atoms with van der Waals surface area (Å²) in [6.07, 6.45) is -1.34. The van der Waals surface area contributed by atoms with E-state index >= 15 is 0 Å². The standard InChI is InChI=1S/C12H16N2O3S/c1-8-4-2-3-5-10(8)18-7-11(16)14-6-9(15)12(13)17/h2-5,9,15H,6-7H2,1H3,(H2,13,17)(H,14,16). The van der Waals surface area contributed by atoms with Crippen molar-refractivity contribution in [2.24, 2.45) is 5.73 Å². The van der Waals surface area contributed by atoms with Crippen LogP contribution in [0.25, 0.3) is 0 Å². The summed E-state index contributed by atoms with van der Waals surface area (Å²) >= 11 is 1.41. The van der Waals surface area contributed by atoms with Crippen LogP contribution >= 0.6 is 11.8 Å². The highest BCUT2D eigenvalue weighted by atomic mass is 32.2. The Morgan fingerprint density at radius 3 is 2.72 bits per heavy atom. The van der Waals surface area contributed by atoms with Crippen molar-refractivity contribution in [3.8, 4) is 0 Å². The Balaban J connectivity index is 2.34. The SMILES string of the molecule is Cc1ccccc1SCC(=O)NCC(O)C(N)=O. The zero-order valence-corrected chi connectivity index (χ0v) is 10.9. The third-order valence-electron chi connectivity index (χ3n) is 2.27. The van der Waals surface area contributed by atoms with Gasteiger partial charge in [0.15, 0.2) is 0 Å². The molecule has 0 fully saturated rings. The van der Waals surface area contributed by atoms with Gasteiger partial charge in [-0.05, 0) is 18.6 Å². The fraction of sp³-hybridized carbons (Fsp3) is 0.333. The first kappa shape index (κ1) is 14.5. The minimum atomic E-state index is -1.34. The Kier molecular flexibility index (Phi) is 5.67. The predicted molar refractivity (Wildman–Crippen MR) is 70.1 cm³/mol. The van der Waals surface area contributed by atoms with Gasteiger partial charge in [-0.25, -0.2) is 0 Å². The second kappa shape index (κ2) is 7.03. The highest BCUT2D eigenvalue weighted by Gasteiger charge is 2.12. The molecule has 1 aromatic rings. The molecule has 4 N–H and O–H groups in total. The lowest BCUT2D eigenvalue weighted by molar-refractivity contribution is -0.126. The van der Waals surface area contributed by atoms with Gasteiger partial charge in [-0.2, -0.15) is 0 Å². The zero-order chi connectivity index (χ0) is 13.5. The summed E-state index contributed by atoms with van der Waals surface area (Å²) in [6.45, 7) is 1.82. The van der Waals surface area contributed by atoms with Gasteiger partial charge in [-0.15, -0.1) is 11.8 Å². The largest absolute Gasteiger partial charge is 0.381 e. The predicted octanol–water partition coefficient (Wildman–Crippen LogP) is 0.0495. The highest BCUT2D eigenvalue weighted by Crippen LogP contribution is 2.21. The van der Waals surface area contributed by atoms with Gasteiger partial charge in [0, 0.05) is 4.90 Å². The van der Waals surface area contributed by atoms with Crippen LogP contribution in [0.3, 0.4) is 0 Å². The molecule has 1 unspecified atom stereocenters. The number of carbonyl (C=O) groups excluding carboxylic acids is 2. The molecule has 0 spiro atoms. The third-order valence-corrected chi connectivity index (χ3v) is 3.45. The number of aliphatic hydroxyl groups excluding tert-OH is 1. The van der Waals surface area contributed by atoms with Crippen molar-refractivity contribution in [3.63, 3.8) is 0 Å². The van der Waals surface area contributed by atoms with Crippen LogP contribution in [0.15, 0.2) is 29.2 Å². The van der Waals surface area contributed by atoms with Crippen LogP contribution in [-0.2, 0) is 9.59 Å². The number of thioether (sulfide) groups is 1. The van der Waals surface area contributed by atoms with Crippen molar-refractivity contribution < 1.29 is 14.7 Å². The molecule has 0 aliphatic carbocycles. The molecule has 1 aromatic carbocycles. The van der Waals surface area contributed by atoms with Gasteiger partial charge < -0.3 is 16.2 Å². The van der Waals surface area contributed by atoms with E-state index < -0.39 is 12.0 Å². The Bertz CT molecular complexity index is 437. The van der Waals surface area contributed by atoms with Gasteiger partial charge in [0.2, 0.25) is 11.8 Å². The monoisotopic (exact) mass is 268 g/mol. The van der Waals surface area contributed by atoms with Crippen LogP contribution in [0.2, 0.25) is 0 Å². The van der Waals surface area contributed by atoms with Crippen molar-refractivity contribution in [1.82, 2.24) is 5.32 Å².